The van der Waals surface area contributed by atoms with Gasteiger partial charge in [-0.1, -0.05) is 13.8 Å². The van der Waals surface area contributed by atoms with Crippen LogP contribution in [0.4, 0.5) is 0 Å². The van der Waals surface area contributed by atoms with E-state index in [4.69, 9.17) is 5.11 Å². The number of hydrogen-bond donors (Lipinski definition) is 1. The summed E-state index contributed by atoms with van der Waals surface area (Å²) in [5.74, 6) is -0.813. The topological polar surface area (TPSA) is 50.2 Å². The van der Waals surface area contributed by atoms with Gasteiger partial charge in [-0.15, -0.1) is 0 Å². The second kappa shape index (κ2) is 3.87. The van der Waals surface area contributed by atoms with Crippen molar-refractivity contribution in [3.8, 4) is 0 Å². The first-order valence-electron chi connectivity index (χ1n) is 3.91. The molecule has 70 valence electrons. The summed E-state index contributed by atoms with van der Waals surface area (Å²) >= 11 is 3.26. The maximum Gasteiger partial charge on any atom is 0.354 e. The molecule has 1 aromatic rings. The molecule has 0 radical (unpaired) electrons. The van der Waals surface area contributed by atoms with E-state index in [-0.39, 0.29) is 11.6 Å². The molecule has 0 aliphatic rings. The average Bonchev–Trinajstić information content (AvgIpc) is 2.03. The molecule has 0 spiro atoms. The van der Waals surface area contributed by atoms with E-state index in [2.05, 4.69) is 20.9 Å². The summed E-state index contributed by atoms with van der Waals surface area (Å²) in [6.45, 7) is 3.88. The molecule has 0 unspecified atom stereocenters. The van der Waals surface area contributed by atoms with Crippen LogP contribution in [0, 0.1) is 0 Å². The maximum absolute atomic E-state index is 10.8. The zero-order valence-corrected chi connectivity index (χ0v) is 9.00. The van der Waals surface area contributed by atoms with Gasteiger partial charge in [-0.3, -0.25) is 0 Å². The molecule has 1 aromatic heterocycles. The molecule has 0 atom stereocenters. The Morgan fingerprint density at radius 3 is 2.69 bits per heavy atom. The molecule has 1 N–H and O–H groups in total. The van der Waals surface area contributed by atoms with Gasteiger partial charge in [-0.05, 0) is 33.5 Å². The number of hydrogen-bond acceptors (Lipinski definition) is 2. The van der Waals surface area contributed by atoms with E-state index >= 15 is 0 Å². The van der Waals surface area contributed by atoms with Gasteiger partial charge in [-0.2, -0.15) is 0 Å². The molecule has 0 aliphatic carbocycles. The van der Waals surface area contributed by atoms with Crippen LogP contribution in [0.5, 0.6) is 0 Å². The monoisotopic (exact) mass is 243 g/mol. The highest BCUT2D eigenvalue weighted by molar-refractivity contribution is 9.10. The second-order valence-corrected chi connectivity index (χ2v) is 3.97. The van der Waals surface area contributed by atoms with E-state index < -0.39 is 5.97 Å². The Hall–Kier alpha value is -0.900. The standard InChI is InChI=1S/C9H10BrNO2/c1-5(2)7-3-6(10)4-11-8(7)9(12)13/h3-5H,1-2H3,(H,12,13). The Kier molecular flexibility index (Phi) is 3.03. The van der Waals surface area contributed by atoms with Gasteiger partial charge >= 0.3 is 5.97 Å². The van der Waals surface area contributed by atoms with Crippen LogP contribution in [0.1, 0.15) is 35.8 Å². The Labute approximate surface area is 84.9 Å². The lowest BCUT2D eigenvalue weighted by molar-refractivity contribution is 0.0688. The zero-order chi connectivity index (χ0) is 10.0. The highest BCUT2D eigenvalue weighted by Gasteiger charge is 2.14. The first kappa shape index (κ1) is 10.2. The smallest absolute Gasteiger partial charge is 0.354 e. The van der Waals surface area contributed by atoms with Crippen molar-refractivity contribution in [1.82, 2.24) is 4.98 Å². The molecule has 3 nitrogen and oxygen atoms in total. The fraction of sp³-hybridized carbons (Fsp3) is 0.333. The van der Waals surface area contributed by atoms with Crippen LogP contribution in [0.2, 0.25) is 0 Å². The molecule has 0 bridgehead atoms. The van der Waals surface area contributed by atoms with Gasteiger partial charge in [0, 0.05) is 10.7 Å². The fourth-order valence-corrected chi connectivity index (χ4v) is 1.42. The third-order valence-corrected chi connectivity index (χ3v) is 2.14. The number of aromatic nitrogens is 1. The van der Waals surface area contributed by atoms with Crippen molar-refractivity contribution in [1.29, 1.82) is 0 Å². The molecular weight excluding hydrogens is 234 g/mol. The number of carboxylic acid groups (broad SMARTS) is 1. The number of nitrogens with zero attached hydrogens (tertiary/aromatic N) is 1. The van der Waals surface area contributed by atoms with Crippen LogP contribution in [0.25, 0.3) is 0 Å². The minimum Gasteiger partial charge on any atom is -0.477 e. The van der Waals surface area contributed by atoms with Crippen LogP contribution < -0.4 is 0 Å². The van der Waals surface area contributed by atoms with Crippen LogP contribution >= 0.6 is 15.9 Å². The van der Waals surface area contributed by atoms with Crippen LogP contribution in [0.15, 0.2) is 16.7 Å². The molecule has 1 rings (SSSR count). The van der Waals surface area contributed by atoms with E-state index in [1.807, 2.05) is 13.8 Å². The van der Waals surface area contributed by atoms with E-state index in [1.54, 1.807) is 6.07 Å². The van der Waals surface area contributed by atoms with E-state index in [9.17, 15) is 4.79 Å². The first-order valence-corrected chi connectivity index (χ1v) is 4.70. The van der Waals surface area contributed by atoms with Crippen LogP contribution in [-0.2, 0) is 0 Å². The summed E-state index contributed by atoms with van der Waals surface area (Å²) in [5.41, 5.74) is 0.889. The lowest BCUT2D eigenvalue weighted by atomic mass is 10.0. The highest BCUT2D eigenvalue weighted by atomic mass is 79.9. The normalized spacial score (nSPS) is 10.5. The molecule has 0 saturated carbocycles. The highest BCUT2D eigenvalue weighted by Crippen LogP contribution is 2.21. The third-order valence-electron chi connectivity index (χ3n) is 1.71. The van der Waals surface area contributed by atoms with E-state index in [0.717, 1.165) is 10.0 Å². The lowest BCUT2D eigenvalue weighted by Gasteiger charge is -2.08. The Morgan fingerprint density at radius 2 is 2.23 bits per heavy atom. The number of rotatable bonds is 2. The summed E-state index contributed by atoms with van der Waals surface area (Å²) in [6.07, 6.45) is 1.50. The molecule has 0 saturated heterocycles. The van der Waals surface area contributed by atoms with Gasteiger partial charge in [0.15, 0.2) is 5.69 Å². The molecule has 0 aromatic carbocycles. The Morgan fingerprint density at radius 1 is 1.62 bits per heavy atom. The van der Waals surface area contributed by atoms with Gasteiger partial charge in [-0.25, -0.2) is 9.78 Å². The Bertz CT molecular complexity index is 336. The fourth-order valence-electron chi connectivity index (χ4n) is 1.07. The van der Waals surface area contributed by atoms with Crippen molar-refractivity contribution in [2.75, 3.05) is 0 Å². The number of halogens is 1. The molecule has 4 heteroatoms. The number of carbonyl (C=O) groups is 1. The second-order valence-electron chi connectivity index (χ2n) is 3.05. The zero-order valence-electron chi connectivity index (χ0n) is 7.41. The number of aromatic carboxylic acids is 1. The summed E-state index contributed by atoms with van der Waals surface area (Å²) in [5, 5.41) is 8.83. The van der Waals surface area contributed by atoms with Crippen molar-refractivity contribution in [3.05, 3.63) is 28.0 Å². The molecule has 13 heavy (non-hydrogen) atoms. The molecule has 0 fully saturated rings. The van der Waals surface area contributed by atoms with Gasteiger partial charge in [0.1, 0.15) is 0 Å². The summed E-state index contributed by atoms with van der Waals surface area (Å²) in [7, 11) is 0. The minimum absolute atomic E-state index is 0.137. The van der Waals surface area contributed by atoms with Crippen LogP contribution in [0.3, 0.4) is 0 Å². The predicted octanol–water partition coefficient (Wildman–Crippen LogP) is 2.67. The van der Waals surface area contributed by atoms with Crippen molar-refractivity contribution in [3.63, 3.8) is 0 Å². The maximum atomic E-state index is 10.8. The summed E-state index contributed by atoms with van der Waals surface area (Å²) < 4.78 is 0.807. The SMILES string of the molecule is CC(C)c1cc(Br)cnc1C(=O)O. The number of carboxylic acids is 1. The quantitative estimate of drug-likeness (QED) is 0.869. The van der Waals surface area contributed by atoms with E-state index in [1.165, 1.54) is 6.20 Å². The number of pyridine rings is 1. The summed E-state index contributed by atoms with van der Waals surface area (Å²) in [4.78, 5) is 14.6. The molecule has 0 aliphatic heterocycles. The van der Waals surface area contributed by atoms with Gasteiger partial charge in [0.05, 0.1) is 0 Å². The van der Waals surface area contributed by atoms with Crippen molar-refractivity contribution in [2.24, 2.45) is 0 Å². The van der Waals surface area contributed by atoms with Gasteiger partial charge in [0.2, 0.25) is 0 Å². The van der Waals surface area contributed by atoms with E-state index in [0.29, 0.717) is 0 Å². The molecular formula is C9H10BrNO2. The third kappa shape index (κ3) is 2.28. The van der Waals surface area contributed by atoms with Crippen LogP contribution in [-0.4, -0.2) is 16.1 Å². The average molecular weight is 244 g/mol. The predicted molar refractivity (Wildman–Crippen MR) is 53.0 cm³/mol. The first-order chi connectivity index (χ1) is 6.02. The minimum atomic E-state index is -0.976. The van der Waals surface area contributed by atoms with Crippen molar-refractivity contribution in [2.45, 2.75) is 19.8 Å². The molecule has 0 amide bonds. The lowest BCUT2D eigenvalue weighted by Crippen LogP contribution is -2.06. The largest absolute Gasteiger partial charge is 0.477 e. The van der Waals surface area contributed by atoms with Crippen molar-refractivity contribution >= 4 is 21.9 Å². The van der Waals surface area contributed by atoms with Crippen molar-refractivity contribution < 1.29 is 9.90 Å². The summed E-state index contributed by atoms with van der Waals surface area (Å²) in [6, 6.07) is 1.79. The van der Waals surface area contributed by atoms with Gasteiger partial charge in [0.25, 0.3) is 0 Å². The molecule has 1 heterocycles. The Balaban J connectivity index is 3.26. The van der Waals surface area contributed by atoms with Gasteiger partial charge < -0.3 is 5.11 Å².